The Labute approximate surface area is 114 Å². The summed E-state index contributed by atoms with van der Waals surface area (Å²) in [6.07, 6.45) is 1.45. The lowest BCUT2D eigenvalue weighted by Gasteiger charge is -2.20. The fourth-order valence-corrected chi connectivity index (χ4v) is 4.66. The number of sulfone groups is 1. The number of benzene rings is 1. The number of halogens is 1. The highest BCUT2D eigenvalue weighted by Gasteiger charge is 2.29. The van der Waals surface area contributed by atoms with Crippen LogP contribution in [0.4, 0.5) is 4.39 Å². The van der Waals surface area contributed by atoms with Gasteiger partial charge in [-0.25, -0.2) is 12.8 Å². The maximum absolute atomic E-state index is 13.4. The lowest BCUT2D eigenvalue weighted by atomic mass is 9.93. The van der Waals surface area contributed by atoms with Gasteiger partial charge in [-0.15, -0.1) is 0 Å². The van der Waals surface area contributed by atoms with Crippen molar-refractivity contribution in [3.05, 3.63) is 35.1 Å². The van der Waals surface area contributed by atoms with E-state index in [1.165, 1.54) is 12.1 Å². The lowest BCUT2D eigenvalue weighted by molar-refractivity contribution is 0.435. The highest BCUT2D eigenvalue weighted by atomic mass is 32.2. The monoisotopic (exact) mass is 285 g/mol. The van der Waals surface area contributed by atoms with Crippen LogP contribution in [-0.2, 0) is 9.84 Å². The van der Waals surface area contributed by atoms with E-state index in [1.807, 2.05) is 20.0 Å². The van der Waals surface area contributed by atoms with Gasteiger partial charge in [-0.3, -0.25) is 0 Å². The average Bonchev–Trinajstić information content (AvgIpc) is 2.64. The van der Waals surface area contributed by atoms with Crippen molar-refractivity contribution >= 4 is 9.84 Å². The van der Waals surface area contributed by atoms with Crippen LogP contribution in [0, 0.1) is 18.7 Å². The van der Waals surface area contributed by atoms with Crippen LogP contribution in [0.15, 0.2) is 18.2 Å². The minimum atomic E-state index is -2.85. The Balaban J connectivity index is 2.12. The van der Waals surface area contributed by atoms with E-state index in [2.05, 4.69) is 5.32 Å². The second-order valence-corrected chi connectivity index (χ2v) is 7.64. The van der Waals surface area contributed by atoms with Crippen LogP contribution in [0.5, 0.6) is 0 Å². The van der Waals surface area contributed by atoms with Gasteiger partial charge in [0, 0.05) is 6.04 Å². The van der Waals surface area contributed by atoms with Crippen molar-refractivity contribution in [3.8, 4) is 0 Å². The predicted octanol–water partition coefficient (Wildman–Crippen LogP) is 2.22. The van der Waals surface area contributed by atoms with E-state index in [0.29, 0.717) is 0 Å². The Morgan fingerprint density at radius 3 is 2.68 bits per heavy atom. The molecule has 0 aliphatic carbocycles. The first kappa shape index (κ1) is 14.5. The molecule has 1 aromatic carbocycles. The Kier molecular flexibility index (Phi) is 4.26. The summed E-state index contributed by atoms with van der Waals surface area (Å²) in [5.41, 5.74) is 1.78. The molecule has 2 atom stereocenters. The quantitative estimate of drug-likeness (QED) is 0.922. The van der Waals surface area contributed by atoms with E-state index in [4.69, 9.17) is 0 Å². The first-order valence-corrected chi connectivity index (χ1v) is 8.36. The Hall–Kier alpha value is -0.940. The molecule has 0 aromatic heterocycles. The predicted molar refractivity (Wildman–Crippen MR) is 74.3 cm³/mol. The van der Waals surface area contributed by atoms with Crippen LogP contribution >= 0.6 is 0 Å². The lowest BCUT2D eigenvalue weighted by Crippen LogP contribution is -2.21. The molecule has 1 aromatic rings. The first-order valence-electron chi connectivity index (χ1n) is 6.54. The number of rotatable bonds is 4. The second kappa shape index (κ2) is 5.59. The van der Waals surface area contributed by atoms with E-state index in [1.54, 1.807) is 0 Å². The highest BCUT2D eigenvalue weighted by Crippen LogP contribution is 2.29. The molecule has 1 aliphatic rings. The molecule has 1 aliphatic heterocycles. The maximum atomic E-state index is 13.4. The number of hydrogen-bond donors (Lipinski definition) is 1. The first-order chi connectivity index (χ1) is 8.89. The summed E-state index contributed by atoms with van der Waals surface area (Å²) < 4.78 is 36.4. The van der Waals surface area contributed by atoms with Crippen LogP contribution < -0.4 is 5.32 Å². The maximum Gasteiger partial charge on any atom is 0.150 e. The summed E-state index contributed by atoms with van der Waals surface area (Å²) in [5, 5.41) is 3.17. The van der Waals surface area contributed by atoms with Gasteiger partial charge in [0.25, 0.3) is 0 Å². The molecule has 0 spiro atoms. The van der Waals surface area contributed by atoms with Gasteiger partial charge in [0.1, 0.15) is 5.82 Å². The number of aryl methyl sites for hydroxylation is 1. The van der Waals surface area contributed by atoms with Gasteiger partial charge in [-0.1, -0.05) is 6.07 Å². The van der Waals surface area contributed by atoms with Crippen molar-refractivity contribution in [1.29, 1.82) is 0 Å². The van der Waals surface area contributed by atoms with Crippen LogP contribution in [0.25, 0.3) is 0 Å². The van der Waals surface area contributed by atoms with Crippen LogP contribution in [0.1, 0.15) is 30.0 Å². The van der Waals surface area contributed by atoms with Gasteiger partial charge in [0.2, 0.25) is 0 Å². The summed E-state index contributed by atoms with van der Waals surface area (Å²) >= 11 is 0. The SMILES string of the molecule is CNC(CC1CCS(=O)(=O)C1)c1cc(C)cc(F)c1. The fraction of sp³-hybridized carbons (Fsp3) is 0.571. The molecular formula is C14H20FNO2S. The molecule has 19 heavy (non-hydrogen) atoms. The van der Waals surface area contributed by atoms with E-state index in [-0.39, 0.29) is 29.3 Å². The molecule has 1 fully saturated rings. The summed E-state index contributed by atoms with van der Waals surface area (Å²) in [7, 11) is -1.02. The molecule has 1 heterocycles. The average molecular weight is 285 g/mol. The van der Waals surface area contributed by atoms with Crippen LogP contribution in [-0.4, -0.2) is 27.0 Å². The van der Waals surface area contributed by atoms with Gasteiger partial charge in [0.15, 0.2) is 9.84 Å². The van der Waals surface area contributed by atoms with Crippen molar-refractivity contribution in [2.75, 3.05) is 18.6 Å². The molecule has 106 valence electrons. The van der Waals surface area contributed by atoms with E-state index < -0.39 is 9.84 Å². The second-order valence-electron chi connectivity index (χ2n) is 5.41. The molecular weight excluding hydrogens is 265 g/mol. The molecule has 1 saturated heterocycles. The van der Waals surface area contributed by atoms with Crippen LogP contribution in [0.3, 0.4) is 0 Å². The van der Waals surface area contributed by atoms with Gasteiger partial charge >= 0.3 is 0 Å². The molecule has 2 rings (SSSR count). The van der Waals surface area contributed by atoms with Gasteiger partial charge in [-0.2, -0.15) is 0 Å². The van der Waals surface area contributed by atoms with Crippen molar-refractivity contribution in [3.63, 3.8) is 0 Å². The third-order valence-corrected chi connectivity index (χ3v) is 5.55. The molecule has 2 unspecified atom stereocenters. The van der Waals surface area contributed by atoms with Crippen LogP contribution in [0.2, 0.25) is 0 Å². The Bertz CT molecular complexity index is 536. The molecule has 0 amide bonds. The van der Waals surface area contributed by atoms with Crippen molar-refractivity contribution < 1.29 is 12.8 Å². The topological polar surface area (TPSA) is 46.2 Å². The van der Waals surface area contributed by atoms with E-state index in [0.717, 1.165) is 24.0 Å². The summed E-state index contributed by atoms with van der Waals surface area (Å²) in [6, 6.07) is 4.98. The third-order valence-electron chi connectivity index (χ3n) is 3.71. The third kappa shape index (κ3) is 3.76. The molecule has 0 saturated carbocycles. The minimum absolute atomic E-state index is 0.00713. The largest absolute Gasteiger partial charge is 0.313 e. The number of hydrogen-bond acceptors (Lipinski definition) is 3. The Morgan fingerprint density at radius 2 is 2.16 bits per heavy atom. The molecule has 5 heteroatoms. The normalized spacial score (nSPS) is 23.4. The van der Waals surface area contributed by atoms with Crippen molar-refractivity contribution in [1.82, 2.24) is 5.32 Å². The van der Waals surface area contributed by atoms with Gasteiger partial charge in [-0.05, 0) is 56.0 Å². The van der Waals surface area contributed by atoms with E-state index >= 15 is 0 Å². The van der Waals surface area contributed by atoms with Crippen molar-refractivity contribution in [2.24, 2.45) is 5.92 Å². The van der Waals surface area contributed by atoms with Gasteiger partial charge < -0.3 is 5.32 Å². The number of nitrogens with one attached hydrogen (secondary N) is 1. The van der Waals surface area contributed by atoms with Gasteiger partial charge in [0.05, 0.1) is 11.5 Å². The molecule has 3 nitrogen and oxygen atoms in total. The summed E-state index contributed by atoms with van der Waals surface area (Å²) in [6.45, 7) is 1.86. The zero-order valence-electron chi connectivity index (χ0n) is 11.3. The summed E-state index contributed by atoms with van der Waals surface area (Å²) in [5.74, 6) is 0.482. The summed E-state index contributed by atoms with van der Waals surface area (Å²) in [4.78, 5) is 0. The molecule has 0 radical (unpaired) electrons. The zero-order valence-corrected chi connectivity index (χ0v) is 12.1. The van der Waals surface area contributed by atoms with E-state index in [9.17, 15) is 12.8 Å². The smallest absolute Gasteiger partial charge is 0.150 e. The Morgan fingerprint density at radius 1 is 1.42 bits per heavy atom. The molecule has 0 bridgehead atoms. The minimum Gasteiger partial charge on any atom is -0.313 e. The standard InChI is InChI=1S/C14H20FNO2S/c1-10-5-12(8-13(15)6-10)14(16-2)7-11-3-4-19(17,18)9-11/h5-6,8,11,14,16H,3-4,7,9H2,1-2H3. The molecule has 1 N–H and O–H groups in total. The van der Waals surface area contributed by atoms with Crippen molar-refractivity contribution in [2.45, 2.75) is 25.8 Å². The fourth-order valence-electron chi connectivity index (χ4n) is 2.78. The highest BCUT2D eigenvalue weighted by molar-refractivity contribution is 7.91. The zero-order chi connectivity index (χ0) is 14.0.